The number of halogens is 1. The van der Waals surface area contributed by atoms with Gasteiger partial charge in [-0.3, -0.25) is 0 Å². The van der Waals surface area contributed by atoms with Gasteiger partial charge in [0.2, 0.25) is 0 Å². The van der Waals surface area contributed by atoms with E-state index in [1.54, 1.807) is 11.3 Å². The monoisotopic (exact) mass is 274 g/mol. The van der Waals surface area contributed by atoms with Crippen LogP contribution in [0.15, 0.2) is 5.38 Å². The summed E-state index contributed by atoms with van der Waals surface area (Å²) in [5, 5.41) is 7.12. The predicted octanol–water partition coefficient (Wildman–Crippen LogP) is 4.11. The third-order valence-electron chi connectivity index (χ3n) is 3.47. The van der Waals surface area contributed by atoms with Crippen molar-refractivity contribution in [3.05, 3.63) is 16.1 Å². The van der Waals surface area contributed by atoms with E-state index < -0.39 is 0 Å². The average Bonchev–Trinajstić information content (AvgIpc) is 2.84. The van der Waals surface area contributed by atoms with E-state index in [1.807, 2.05) is 0 Å². The highest BCUT2D eigenvalue weighted by molar-refractivity contribution is 7.09. The number of nitrogens with one attached hydrogen (secondary N) is 1. The van der Waals surface area contributed by atoms with Crippen molar-refractivity contribution in [2.24, 2.45) is 0 Å². The molecule has 0 unspecified atom stereocenters. The van der Waals surface area contributed by atoms with Crippen molar-refractivity contribution < 1.29 is 0 Å². The molecule has 1 aliphatic rings. The van der Waals surface area contributed by atoms with Crippen LogP contribution in [0.3, 0.4) is 0 Å². The molecule has 2 rings (SSSR count). The van der Waals surface area contributed by atoms with Crippen LogP contribution in [0.25, 0.3) is 0 Å². The lowest BCUT2D eigenvalue weighted by molar-refractivity contribution is 0.361. The Labute approximate surface area is 115 Å². The second kappa shape index (κ2) is 6.17. The largest absolute Gasteiger partial charge is 0.306 e. The molecule has 17 heavy (non-hydrogen) atoms. The van der Waals surface area contributed by atoms with Gasteiger partial charge in [-0.25, -0.2) is 4.98 Å². The van der Waals surface area contributed by atoms with E-state index >= 15 is 0 Å². The number of hydrogen-bond acceptors (Lipinski definition) is 3. The van der Waals surface area contributed by atoms with Crippen LogP contribution in [0, 0.1) is 0 Å². The first kappa shape index (κ1) is 14.9. The van der Waals surface area contributed by atoms with Crippen LogP contribution in [0.2, 0.25) is 0 Å². The Morgan fingerprint density at radius 1 is 1.41 bits per heavy atom. The minimum atomic E-state index is 0. The fourth-order valence-corrected chi connectivity index (χ4v) is 3.14. The molecule has 1 aliphatic carbocycles. The van der Waals surface area contributed by atoms with E-state index in [2.05, 4.69) is 36.5 Å². The summed E-state index contributed by atoms with van der Waals surface area (Å²) in [6, 6.07) is 0. The van der Waals surface area contributed by atoms with Crippen molar-refractivity contribution in [3.63, 3.8) is 0 Å². The Morgan fingerprint density at radius 2 is 2.06 bits per heavy atom. The van der Waals surface area contributed by atoms with Crippen molar-refractivity contribution in [1.82, 2.24) is 10.3 Å². The second-order valence-corrected chi connectivity index (χ2v) is 6.34. The van der Waals surface area contributed by atoms with E-state index in [0.717, 1.165) is 6.54 Å². The van der Waals surface area contributed by atoms with Gasteiger partial charge in [0.15, 0.2) is 0 Å². The summed E-state index contributed by atoms with van der Waals surface area (Å²) >= 11 is 1.79. The van der Waals surface area contributed by atoms with Gasteiger partial charge in [-0.1, -0.05) is 26.7 Å². The highest BCUT2D eigenvalue weighted by atomic mass is 35.5. The lowest BCUT2D eigenvalue weighted by Gasteiger charge is -2.24. The van der Waals surface area contributed by atoms with Gasteiger partial charge in [-0.15, -0.1) is 23.7 Å². The molecule has 1 aromatic heterocycles. The Balaban J connectivity index is 0.00000144. The number of hydrogen-bond donors (Lipinski definition) is 1. The Bertz CT molecular complexity index is 343. The Kier molecular flexibility index (Phi) is 5.42. The van der Waals surface area contributed by atoms with E-state index in [0.29, 0.717) is 11.5 Å². The van der Waals surface area contributed by atoms with Crippen LogP contribution in [0.5, 0.6) is 0 Å². The second-order valence-electron chi connectivity index (χ2n) is 5.45. The summed E-state index contributed by atoms with van der Waals surface area (Å²) in [6.07, 6.45) is 5.37. The first-order chi connectivity index (χ1) is 7.59. The zero-order valence-electron chi connectivity index (χ0n) is 11.0. The molecule has 0 bridgehead atoms. The highest BCUT2D eigenvalue weighted by Gasteiger charge is 2.27. The van der Waals surface area contributed by atoms with Gasteiger partial charge in [0.1, 0.15) is 0 Å². The standard InChI is InChI=1S/C13H22N2S.ClH/c1-10(2)12-15-11(9-16-12)8-14-13(3)6-4-5-7-13;/h9-10,14H,4-8H2,1-3H3;1H. The average molecular weight is 275 g/mol. The Morgan fingerprint density at radius 3 is 2.59 bits per heavy atom. The SMILES string of the molecule is CC(C)c1nc(CNC2(C)CCCC2)cs1.Cl. The first-order valence-electron chi connectivity index (χ1n) is 6.28. The summed E-state index contributed by atoms with van der Waals surface area (Å²) in [5.74, 6) is 0.556. The summed E-state index contributed by atoms with van der Waals surface area (Å²) in [4.78, 5) is 4.66. The Hall–Kier alpha value is -0.120. The smallest absolute Gasteiger partial charge is 0.0954 e. The topological polar surface area (TPSA) is 24.9 Å². The third kappa shape index (κ3) is 3.94. The number of rotatable bonds is 4. The molecule has 1 aromatic rings. The molecule has 0 amide bonds. The van der Waals surface area contributed by atoms with Crippen LogP contribution in [0.1, 0.15) is 63.1 Å². The van der Waals surface area contributed by atoms with Gasteiger partial charge in [0, 0.05) is 23.4 Å². The molecule has 0 aliphatic heterocycles. The zero-order valence-corrected chi connectivity index (χ0v) is 12.6. The molecule has 1 heterocycles. The van der Waals surface area contributed by atoms with Crippen molar-refractivity contribution in [2.45, 2.75) is 64.5 Å². The molecule has 0 saturated heterocycles. The minimum absolute atomic E-state index is 0. The molecule has 0 radical (unpaired) electrons. The molecule has 0 atom stereocenters. The maximum absolute atomic E-state index is 4.66. The molecule has 1 fully saturated rings. The number of thiazole rings is 1. The van der Waals surface area contributed by atoms with E-state index in [1.165, 1.54) is 36.4 Å². The lowest BCUT2D eigenvalue weighted by atomic mass is 10.0. The van der Waals surface area contributed by atoms with Gasteiger partial charge in [0.25, 0.3) is 0 Å². The van der Waals surface area contributed by atoms with Gasteiger partial charge >= 0.3 is 0 Å². The van der Waals surface area contributed by atoms with Gasteiger partial charge in [0.05, 0.1) is 10.7 Å². The van der Waals surface area contributed by atoms with Crippen molar-refractivity contribution in [3.8, 4) is 0 Å². The number of aromatic nitrogens is 1. The molecule has 1 saturated carbocycles. The maximum Gasteiger partial charge on any atom is 0.0954 e. The molecule has 0 spiro atoms. The van der Waals surface area contributed by atoms with Crippen LogP contribution >= 0.6 is 23.7 Å². The van der Waals surface area contributed by atoms with Crippen molar-refractivity contribution in [1.29, 1.82) is 0 Å². The molecular formula is C13H23ClN2S. The van der Waals surface area contributed by atoms with E-state index in [9.17, 15) is 0 Å². The first-order valence-corrected chi connectivity index (χ1v) is 7.16. The zero-order chi connectivity index (χ0) is 11.6. The maximum atomic E-state index is 4.66. The van der Waals surface area contributed by atoms with Crippen molar-refractivity contribution in [2.75, 3.05) is 0 Å². The van der Waals surface area contributed by atoms with Crippen LogP contribution < -0.4 is 5.32 Å². The molecular weight excluding hydrogens is 252 g/mol. The number of nitrogens with zero attached hydrogens (tertiary/aromatic N) is 1. The van der Waals surface area contributed by atoms with Gasteiger partial charge < -0.3 is 5.32 Å². The fourth-order valence-electron chi connectivity index (χ4n) is 2.31. The molecule has 1 N–H and O–H groups in total. The van der Waals surface area contributed by atoms with Crippen LogP contribution in [-0.2, 0) is 6.54 Å². The predicted molar refractivity (Wildman–Crippen MR) is 77.2 cm³/mol. The molecule has 4 heteroatoms. The van der Waals surface area contributed by atoms with E-state index in [-0.39, 0.29) is 12.4 Å². The van der Waals surface area contributed by atoms with E-state index in [4.69, 9.17) is 0 Å². The third-order valence-corrected chi connectivity index (χ3v) is 4.66. The van der Waals surface area contributed by atoms with Crippen molar-refractivity contribution >= 4 is 23.7 Å². The molecule has 98 valence electrons. The summed E-state index contributed by atoms with van der Waals surface area (Å²) in [7, 11) is 0. The summed E-state index contributed by atoms with van der Waals surface area (Å²) in [5.41, 5.74) is 1.57. The summed E-state index contributed by atoms with van der Waals surface area (Å²) in [6.45, 7) is 7.68. The van der Waals surface area contributed by atoms with Gasteiger partial charge in [-0.2, -0.15) is 0 Å². The minimum Gasteiger partial charge on any atom is -0.306 e. The highest BCUT2D eigenvalue weighted by Crippen LogP contribution is 2.29. The quantitative estimate of drug-likeness (QED) is 0.894. The molecule has 2 nitrogen and oxygen atoms in total. The van der Waals surface area contributed by atoms with Crippen LogP contribution in [-0.4, -0.2) is 10.5 Å². The summed E-state index contributed by atoms with van der Waals surface area (Å²) < 4.78 is 0. The lowest BCUT2D eigenvalue weighted by Crippen LogP contribution is -2.38. The van der Waals surface area contributed by atoms with Gasteiger partial charge in [-0.05, 0) is 19.8 Å². The van der Waals surface area contributed by atoms with Crippen LogP contribution in [0.4, 0.5) is 0 Å². The molecule has 0 aromatic carbocycles. The normalized spacial score (nSPS) is 18.4. The fraction of sp³-hybridized carbons (Fsp3) is 0.769.